The molecule has 0 unspecified atom stereocenters. The lowest BCUT2D eigenvalue weighted by Gasteiger charge is -2.13. The summed E-state index contributed by atoms with van der Waals surface area (Å²) in [6.07, 6.45) is -0.229. The number of nitrogens with one attached hydrogen (secondary N) is 2. The number of benzene rings is 1. The topological polar surface area (TPSA) is 122 Å². The number of likely N-dealkylation sites (N-methyl/N-ethyl adjacent to an activating group) is 1. The van der Waals surface area contributed by atoms with E-state index in [1.807, 2.05) is 6.92 Å². The van der Waals surface area contributed by atoms with Crippen LogP contribution in [-0.4, -0.2) is 64.9 Å². The first-order chi connectivity index (χ1) is 12.9. The van der Waals surface area contributed by atoms with Crippen LogP contribution in [0, 0.1) is 20.8 Å². The van der Waals surface area contributed by atoms with Gasteiger partial charge in [-0.2, -0.15) is 0 Å². The number of amides is 2. The van der Waals surface area contributed by atoms with Crippen molar-refractivity contribution in [3.8, 4) is 0 Å². The monoisotopic (exact) mass is 413 g/mol. The van der Waals surface area contributed by atoms with Gasteiger partial charge in [0.25, 0.3) is 5.91 Å². The molecule has 0 spiro atoms. The highest BCUT2D eigenvalue weighted by atomic mass is 32.2. The van der Waals surface area contributed by atoms with Crippen LogP contribution in [0.2, 0.25) is 0 Å². The fraction of sp³-hybridized carbons (Fsp3) is 0.500. The number of hydrogen-bond acceptors (Lipinski definition) is 6. The standard InChI is InChI=1S/C18H27N3O6S/c1-12-8-13(2)18(14(3)9-12)28(25,26)20-7-6-17(24)27-11-15(22)19-10-16(23)21(4)5/h8-9,20H,6-7,10-11H2,1-5H3,(H,19,22). The number of nitrogens with zero attached hydrogens (tertiary/aromatic N) is 1. The van der Waals surface area contributed by atoms with Gasteiger partial charge in [0.2, 0.25) is 15.9 Å². The zero-order valence-corrected chi connectivity index (χ0v) is 17.6. The summed E-state index contributed by atoms with van der Waals surface area (Å²) < 4.78 is 32.1. The number of esters is 1. The fourth-order valence-electron chi connectivity index (χ4n) is 2.55. The summed E-state index contributed by atoms with van der Waals surface area (Å²) in [4.78, 5) is 36.1. The van der Waals surface area contributed by atoms with Crippen molar-refractivity contribution < 1.29 is 27.5 Å². The van der Waals surface area contributed by atoms with E-state index in [1.165, 1.54) is 4.90 Å². The maximum Gasteiger partial charge on any atom is 0.307 e. The molecule has 28 heavy (non-hydrogen) atoms. The Morgan fingerprint density at radius 2 is 1.64 bits per heavy atom. The van der Waals surface area contributed by atoms with Crippen LogP contribution in [0.15, 0.2) is 17.0 Å². The zero-order valence-electron chi connectivity index (χ0n) is 16.8. The normalized spacial score (nSPS) is 11.0. The summed E-state index contributed by atoms with van der Waals surface area (Å²) in [5, 5.41) is 2.32. The number of carbonyl (C=O) groups excluding carboxylic acids is 3. The Labute approximate surface area is 165 Å². The van der Waals surface area contributed by atoms with Crippen LogP contribution in [0.4, 0.5) is 0 Å². The summed E-state index contributed by atoms with van der Waals surface area (Å²) in [6.45, 7) is 4.41. The van der Waals surface area contributed by atoms with E-state index >= 15 is 0 Å². The van der Waals surface area contributed by atoms with E-state index in [4.69, 9.17) is 4.74 Å². The van der Waals surface area contributed by atoms with E-state index in [2.05, 4.69) is 10.0 Å². The van der Waals surface area contributed by atoms with Crippen molar-refractivity contribution in [2.24, 2.45) is 0 Å². The molecule has 1 rings (SSSR count). The molecule has 0 saturated carbocycles. The molecule has 0 aliphatic rings. The van der Waals surface area contributed by atoms with Gasteiger partial charge in [0.05, 0.1) is 17.9 Å². The van der Waals surface area contributed by atoms with Crippen LogP contribution in [0.1, 0.15) is 23.1 Å². The SMILES string of the molecule is Cc1cc(C)c(S(=O)(=O)NCCC(=O)OCC(=O)NCC(=O)N(C)C)c(C)c1. The molecular weight excluding hydrogens is 386 g/mol. The lowest BCUT2D eigenvalue weighted by atomic mass is 10.1. The largest absolute Gasteiger partial charge is 0.456 e. The van der Waals surface area contributed by atoms with E-state index in [0.29, 0.717) is 11.1 Å². The summed E-state index contributed by atoms with van der Waals surface area (Å²) in [5.74, 6) is -1.64. The van der Waals surface area contributed by atoms with Gasteiger partial charge in [-0.15, -0.1) is 0 Å². The molecule has 0 radical (unpaired) electrons. The third kappa shape index (κ3) is 7.28. The van der Waals surface area contributed by atoms with Crippen LogP contribution >= 0.6 is 0 Å². The molecule has 156 valence electrons. The van der Waals surface area contributed by atoms with Crippen LogP contribution in [0.25, 0.3) is 0 Å². The maximum absolute atomic E-state index is 12.5. The quantitative estimate of drug-likeness (QED) is 0.551. The Morgan fingerprint density at radius 1 is 1.07 bits per heavy atom. The molecule has 2 amide bonds. The third-order valence-electron chi connectivity index (χ3n) is 3.79. The van der Waals surface area contributed by atoms with Gasteiger partial charge in [-0.1, -0.05) is 17.7 Å². The molecule has 9 nitrogen and oxygen atoms in total. The number of carbonyl (C=O) groups is 3. The van der Waals surface area contributed by atoms with E-state index in [-0.39, 0.29) is 30.3 Å². The molecule has 1 aromatic carbocycles. The Bertz CT molecular complexity index is 826. The summed E-state index contributed by atoms with van der Waals surface area (Å²) in [6, 6.07) is 3.55. The zero-order chi connectivity index (χ0) is 21.5. The van der Waals surface area contributed by atoms with Crippen molar-refractivity contribution >= 4 is 27.8 Å². The Kier molecular flexibility index (Phi) is 8.58. The summed E-state index contributed by atoms with van der Waals surface area (Å²) in [5.41, 5.74) is 2.20. The van der Waals surface area contributed by atoms with Crippen LogP contribution in [0.3, 0.4) is 0 Å². The number of aryl methyl sites for hydroxylation is 3. The Morgan fingerprint density at radius 3 is 2.18 bits per heavy atom. The van der Waals surface area contributed by atoms with Crippen molar-refractivity contribution in [2.45, 2.75) is 32.1 Å². The lowest BCUT2D eigenvalue weighted by molar-refractivity contribution is -0.148. The van der Waals surface area contributed by atoms with E-state index in [9.17, 15) is 22.8 Å². The lowest BCUT2D eigenvalue weighted by Crippen LogP contribution is -2.38. The Hall–Kier alpha value is -2.46. The molecule has 2 N–H and O–H groups in total. The number of hydrogen-bond donors (Lipinski definition) is 2. The van der Waals surface area contributed by atoms with Gasteiger partial charge in [-0.3, -0.25) is 14.4 Å². The highest BCUT2D eigenvalue weighted by molar-refractivity contribution is 7.89. The van der Waals surface area contributed by atoms with Gasteiger partial charge in [-0.05, 0) is 31.9 Å². The van der Waals surface area contributed by atoms with Gasteiger partial charge in [0, 0.05) is 20.6 Å². The van der Waals surface area contributed by atoms with Gasteiger partial charge in [-0.25, -0.2) is 13.1 Å². The third-order valence-corrected chi connectivity index (χ3v) is 5.56. The van der Waals surface area contributed by atoms with E-state index in [0.717, 1.165) is 5.56 Å². The second-order valence-electron chi connectivity index (χ2n) is 6.60. The molecule has 0 saturated heterocycles. The first kappa shape index (κ1) is 23.6. The molecule has 1 aromatic rings. The van der Waals surface area contributed by atoms with Crippen molar-refractivity contribution in [3.63, 3.8) is 0 Å². The molecule has 0 atom stereocenters. The van der Waals surface area contributed by atoms with Gasteiger partial charge < -0.3 is 15.0 Å². The van der Waals surface area contributed by atoms with Crippen molar-refractivity contribution in [3.05, 3.63) is 28.8 Å². The van der Waals surface area contributed by atoms with E-state index < -0.39 is 28.5 Å². The molecule has 0 aromatic heterocycles. The smallest absolute Gasteiger partial charge is 0.307 e. The highest BCUT2D eigenvalue weighted by Gasteiger charge is 2.20. The molecule has 0 aliphatic heterocycles. The van der Waals surface area contributed by atoms with Crippen LogP contribution in [0.5, 0.6) is 0 Å². The van der Waals surface area contributed by atoms with Gasteiger partial charge >= 0.3 is 5.97 Å². The number of sulfonamides is 1. The second-order valence-corrected chi connectivity index (χ2v) is 8.30. The first-order valence-electron chi connectivity index (χ1n) is 8.64. The first-order valence-corrected chi connectivity index (χ1v) is 10.1. The maximum atomic E-state index is 12.5. The minimum Gasteiger partial charge on any atom is -0.456 e. The fourth-order valence-corrected chi connectivity index (χ4v) is 4.03. The molecule has 10 heteroatoms. The van der Waals surface area contributed by atoms with Gasteiger partial charge in [0.1, 0.15) is 0 Å². The molecule has 0 aliphatic carbocycles. The molecular formula is C18H27N3O6S. The molecule has 0 heterocycles. The average molecular weight is 413 g/mol. The second kappa shape index (κ2) is 10.2. The minimum atomic E-state index is -3.77. The van der Waals surface area contributed by atoms with Crippen LogP contribution < -0.4 is 10.0 Å². The molecule has 0 bridgehead atoms. The van der Waals surface area contributed by atoms with Gasteiger partial charge in [0.15, 0.2) is 6.61 Å². The van der Waals surface area contributed by atoms with E-state index in [1.54, 1.807) is 40.1 Å². The van der Waals surface area contributed by atoms with Crippen molar-refractivity contribution in [1.29, 1.82) is 0 Å². The average Bonchev–Trinajstić information content (AvgIpc) is 2.56. The summed E-state index contributed by atoms with van der Waals surface area (Å²) >= 11 is 0. The van der Waals surface area contributed by atoms with Crippen LogP contribution in [-0.2, 0) is 29.1 Å². The van der Waals surface area contributed by atoms with Crippen molar-refractivity contribution in [1.82, 2.24) is 14.9 Å². The minimum absolute atomic E-state index is 0.158. The highest BCUT2D eigenvalue weighted by Crippen LogP contribution is 2.21. The number of ether oxygens (including phenoxy) is 1. The Balaban J connectivity index is 2.46. The predicted molar refractivity (Wildman–Crippen MR) is 103 cm³/mol. The predicted octanol–water partition coefficient (Wildman–Crippen LogP) is 0.0279. The summed E-state index contributed by atoms with van der Waals surface area (Å²) in [7, 11) is -0.669. The van der Waals surface area contributed by atoms with Crippen molar-refractivity contribution in [2.75, 3.05) is 33.8 Å². The molecule has 0 fully saturated rings. The number of rotatable bonds is 9.